The van der Waals surface area contributed by atoms with Gasteiger partial charge in [0.15, 0.2) is 5.78 Å². The van der Waals surface area contributed by atoms with E-state index in [0.717, 1.165) is 29.3 Å². The minimum Gasteiger partial charge on any atom is -0.497 e. The van der Waals surface area contributed by atoms with Crippen LogP contribution >= 0.6 is 11.6 Å². The van der Waals surface area contributed by atoms with Crippen LogP contribution < -0.4 is 15.4 Å². The quantitative estimate of drug-likeness (QED) is 0.194. The molecule has 8 nitrogen and oxygen atoms in total. The van der Waals surface area contributed by atoms with Crippen LogP contribution in [0.4, 0.5) is 11.4 Å². The summed E-state index contributed by atoms with van der Waals surface area (Å²) in [5, 5.41) is 17.0. The molecule has 0 spiro atoms. The van der Waals surface area contributed by atoms with Crippen LogP contribution in [0.2, 0.25) is 5.02 Å². The minimum absolute atomic E-state index is 0.0278. The van der Waals surface area contributed by atoms with E-state index in [1.54, 1.807) is 37.5 Å². The largest absolute Gasteiger partial charge is 0.497 e. The zero-order valence-corrected chi connectivity index (χ0v) is 20.7. The van der Waals surface area contributed by atoms with Crippen molar-refractivity contribution < 1.29 is 19.2 Å². The number of nitro benzene ring substituents is 1. The molecule has 36 heavy (non-hydrogen) atoms. The molecule has 0 unspecified atom stereocenters. The number of fused-ring (bicyclic) bond motifs is 1. The Balaban J connectivity index is 1.53. The van der Waals surface area contributed by atoms with Gasteiger partial charge >= 0.3 is 0 Å². The molecular formula is C27H24ClN3O5. The number of hydrogen-bond donors (Lipinski definition) is 2. The van der Waals surface area contributed by atoms with Crippen molar-refractivity contribution in [3.63, 3.8) is 0 Å². The van der Waals surface area contributed by atoms with Crippen molar-refractivity contribution in [3.05, 3.63) is 104 Å². The number of nitrogens with zero attached hydrogens (tertiary/aromatic N) is 1. The van der Waals surface area contributed by atoms with Gasteiger partial charge in [0.2, 0.25) is 0 Å². The number of non-ortho nitro benzene ring substituents is 1. The van der Waals surface area contributed by atoms with Crippen LogP contribution in [0.15, 0.2) is 66.7 Å². The summed E-state index contributed by atoms with van der Waals surface area (Å²) in [4.78, 5) is 35.9. The van der Waals surface area contributed by atoms with E-state index in [1.165, 1.54) is 12.1 Å². The number of nitro groups is 1. The zero-order chi connectivity index (χ0) is 26.0. The maximum absolute atomic E-state index is 13.1. The van der Waals surface area contributed by atoms with Crippen LogP contribution in [0.25, 0.3) is 5.70 Å². The first-order valence-electron chi connectivity index (χ1n) is 11.1. The van der Waals surface area contributed by atoms with E-state index >= 15 is 0 Å². The smallest absolute Gasteiger partial charge is 0.270 e. The molecule has 0 saturated heterocycles. The number of ketones is 1. The van der Waals surface area contributed by atoms with Crippen molar-refractivity contribution >= 4 is 40.4 Å². The predicted octanol–water partition coefficient (Wildman–Crippen LogP) is 5.66. The third-order valence-corrected chi connectivity index (χ3v) is 6.14. The van der Waals surface area contributed by atoms with Gasteiger partial charge in [-0.1, -0.05) is 17.7 Å². The fraction of sp³-hybridized carbons (Fsp3) is 0.185. The van der Waals surface area contributed by atoms with Crippen molar-refractivity contribution in [3.8, 4) is 5.75 Å². The number of rotatable bonds is 6. The Morgan fingerprint density at radius 2 is 1.83 bits per heavy atom. The molecule has 4 rings (SSSR count). The Morgan fingerprint density at radius 1 is 1.11 bits per heavy atom. The Labute approximate surface area is 213 Å². The molecule has 1 heterocycles. The lowest BCUT2D eigenvalue weighted by molar-refractivity contribution is -0.384. The maximum atomic E-state index is 13.1. The van der Waals surface area contributed by atoms with E-state index in [0.29, 0.717) is 17.0 Å². The predicted molar refractivity (Wildman–Crippen MR) is 139 cm³/mol. The SMILES string of the molecule is COc1ccc2c(c1)C(=CC(=O)c1ccc(NC(=O)c3ccc([N+](=O)[O-])cc3Cl)cc1)NC(C)(C)C2. The van der Waals surface area contributed by atoms with Gasteiger partial charge in [-0.15, -0.1) is 0 Å². The van der Waals surface area contributed by atoms with E-state index in [-0.39, 0.29) is 27.6 Å². The van der Waals surface area contributed by atoms with Crippen LogP contribution in [-0.4, -0.2) is 29.3 Å². The zero-order valence-electron chi connectivity index (χ0n) is 19.9. The van der Waals surface area contributed by atoms with Gasteiger partial charge in [0.1, 0.15) is 5.75 Å². The summed E-state index contributed by atoms with van der Waals surface area (Å²) in [5.41, 5.74) is 3.34. The first-order valence-corrected chi connectivity index (χ1v) is 11.5. The van der Waals surface area contributed by atoms with Gasteiger partial charge in [-0.25, -0.2) is 0 Å². The Hall–Kier alpha value is -4.17. The van der Waals surface area contributed by atoms with E-state index in [9.17, 15) is 19.7 Å². The van der Waals surface area contributed by atoms with Gasteiger partial charge in [0.25, 0.3) is 11.6 Å². The summed E-state index contributed by atoms with van der Waals surface area (Å²) < 4.78 is 5.36. The number of carbonyl (C=O) groups is 2. The minimum atomic E-state index is -0.586. The molecule has 0 aliphatic carbocycles. The number of amides is 1. The normalized spacial score (nSPS) is 14.9. The maximum Gasteiger partial charge on any atom is 0.270 e. The number of benzene rings is 3. The summed E-state index contributed by atoms with van der Waals surface area (Å²) in [7, 11) is 1.60. The first-order chi connectivity index (χ1) is 17.1. The van der Waals surface area contributed by atoms with Crippen LogP contribution in [-0.2, 0) is 6.42 Å². The fourth-order valence-corrected chi connectivity index (χ4v) is 4.35. The lowest BCUT2D eigenvalue weighted by Crippen LogP contribution is -2.43. The molecule has 1 aliphatic heterocycles. The highest BCUT2D eigenvalue weighted by molar-refractivity contribution is 6.34. The first kappa shape index (κ1) is 24.9. The summed E-state index contributed by atoms with van der Waals surface area (Å²) in [6.45, 7) is 4.15. The molecule has 0 fully saturated rings. The molecule has 0 atom stereocenters. The lowest BCUT2D eigenvalue weighted by Gasteiger charge is -2.35. The van der Waals surface area contributed by atoms with Crippen LogP contribution in [0.5, 0.6) is 5.75 Å². The van der Waals surface area contributed by atoms with Gasteiger partial charge in [-0.05, 0) is 68.3 Å². The number of anilines is 1. The molecule has 9 heteroatoms. The molecule has 2 N–H and O–H groups in total. The second kappa shape index (κ2) is 9.83. The molecule has 0 bridgehead atoms. The average molecular weight is 506 g/mol. The Morgan fingerprint density at radius 3 is 2.47 bits per heavy atom. The number of methoxy groups -OCH3 is 1. The van der Waals surface area contributed by atoms with Gasteiger partial charge in [-0.3, -0.25) is 19.7 Å². The topological polar surface area (TPSA) is 111 Å². The third kappa shape index (κ3) is 5.39. The van der Waals surface area contributed by atoms with Gasteiger partial charge in [0.05, 0.1) is 22.6 Å². The van der Waals surface area contributed by atoms with Crippen molar-refractivity contribution in [2.75, 3.05) is 12.4 Å². The number of carbonyl (C=O) groups excluding carboxylic acids is 2. The van der Waals surface area contributed by atoms with E-state index in [4.69, 9.17) is 16.3 Å². The summed E-state index contributed by atoms with van der Waals surface area (Å²) in [6, 6.07) is 15.9. The lowest BCUT2D eigenvalue weighted by atomic mass is 9.85. The van der Waals surface area contributed by atoms with Gasteiger partial charge < -0.3 is 15.4 Å². The number of nitrogens with one attached hydrogen (secondary N) is 2. The van der Waals surface area contributed by atoms with Crippen molar-refractivity contribution in [1.29, 1.82) is 0 Å². The highest BCUT2D eigenvalue weighted by Crippen LogP contribution is 2.32. The highest BCUT2D eigenvalue weighted by atomic mass is 35.5. The average Bonchev–Trinajstić information content (AvgIpc) is 2.83. The van der Waals surface area contributed by atoms with Crippen molar-refractivity contribution in [2.24, 2.45) is 0 Å². The van der Waals surface area contributed by atoms with Crippen LogP contribution in [0.3, 0.4) is 0 Å². The van der Waals surface area contributed by atoms with Crippen LogP contribution in [0, 0.1) is 10.1 Å². The fourth-order valence-electron chi connectivity index (χ4n) is 4.09. The molecule has 1 aliphatic rings. The second-order valence-electron chi connectivity index (χ2n) is 9.08. The van der Waals surface area contributed by atoms with Crippen molar-refractivity contribution in [1.82, 2.24) is 5.32 Å². The molecule has 0 saturated carbocycles. The number of hydrogen-bond acceptors (Lipinski definition) is 6. The van der Waals surface area contributed by atoms with E-state index in [1.807, 2.05) is 18.2 Å². The molecule has 184 valence electrons. The van der Waals surface area contributed by atoms with E-state index in [2.05, 4.69) is 24.5 Å². The number of allylic oxidation sites excluding steroid dienone is 1. The summed E-state index contributed by atoms with van der Waals surface area (Å²) in [6.07, 6.45) is 2.38. The molecule has 0 aromatic heterocycles. The Bertz CT molecular complexity index is 1400. The molecule has 3 aromatic carbocycles. The van der Waals surface area contributed by atoms with Crippen molar-refractivity contribution in [2.45, 2.75) is 25.8 Å². The molecule has 1 amide bonds. The second-order valence-corrected chi connectivity index (χ2v) is 9.49. The van der Waals surface area contributed by atoms with Crippen LogP contribution in [0.1, 0.15) is 45.7 Å². The van der Waals surface area contributed by atoms with Gasteiger partial charge in [-0.2, -0.15) is 0 Å². The number of ether oxygens (including phenoxy) is 1. The molecule has 3 aromatic rings. The summed E-state index contributed by atoms with van der Waals surface area (Å²) in [5.74, 6) is -0.00244. The molecular weight excluding hydrogens is 482 g/mol. The number of halogens is 1. The standard InChI is InChI=1S/C27H24ClN3O5/c1-27(2)15-17-6-10-20(36-3)13-22(17)24(30-27)14-25(32)16-4-7-18(8-5-16)29-26(33)21-11-9-19(31(34)35)12-23(21)28/h4-14,30H,15H2,1-3H3,(H,29,33). The highest BCUT2D eigenvalue weighted by Gasteiger charge is 2.28. The van der Waals surface area contributed by atoms with Gasteiger partial charge in [0, 0.05) is 46.3 Å². The molecule has 0 radical (unpaired) electrons. The van der Waals surface area contributed by atoms with E-state index < -0.39 is 10.8 Å². The third-order valence-electron chi connectivity index (χ3n) is 5.82. The Kier molecular flexibility index (Phi) is 6.81. The monoisotopic (exact) mass is 505 g/mol. The summed E-state index contributed by atoms with van der Waals surface area (Å²) >= 11 is 6.04.